The lowest BCUT2D eigenvalue weighted by Crippen LogP contribution is -2.02. The zero-order chi connectivity index (χ0) is 11.6. The van der Waals surface area contributed by atoms with Crippen molar-refractivity contribution < 1.29 is 0 Å². The molecular formula is C12H18S3. The zero-order valence-electron chi connectivity index (χ0n) is 9.31. The summed E-state index contributed by atoms with van der Waals surface area (Å²) in [5.41, 5.74) is 3.81. The molecule has 0 N–H and O–H groups in total. The summed E-state index contributed by atoms with van der Waals surface area (Å²) in [5.74, 6) is 0. The minimum atomic E-state index is 0.223. The summed E-state index contributed by atoms with van der Waals surface area (Å²) in [5, 5.41) is 0.698. The topological polar surface area (TPSA) is 0 Å². The second-order valence-electron chi connectivity index (χ2n) is 3.88. The third kappa shape index (κ3) is 3.11. The van der Waals surface area contributed by atoms with Gasteiger partial charge in [-0.2, -0.15) is 37.9 Å². The molecule has 3 unspecified atom stereocenters. The van der Waals surface area contributed by atoms with Gasteiger partial charge in [0.25, 0.3) is 0 Å². The summed E-state index contributed by atoms with van der Waals surface area (Å²) in [6, 6.07) is 6.32. The van der Waals surface area contributed by atoms with Crippen molar-refractivity contribution in [3.8, 4) is 0 Å². The summed E-state index contributed by atoms with van der Waals surface area (Å²) in [6.07, 6.45) is 0. The standard InChI is InChI=1S/C12H18S3/c1-7(13)10-5-4-6-11(8(2)14)12(10)9(3)15/h4-9,13-15H,1-3H3. The molecule has 0 aromatic heterocycles. The first-order chi connectivity index (χ1) is 6.95. The number of thiol groups is 3. The molecule has 0 radical (unpaired) electrons. The Bertz CT molecular complexity index is 303. The van der Waals surface area contributed by atoms with Crippen molar-refractivity contribution in [1.29, 1.82) is 0 Å². The number of benzene rings is 1. The molecule has 0 saturated heterocycles. The molecule has 1 rings (SSSR count). The summed E-state index contributed by atoms with van der Waals surface area (Å²) < 4.78 is 0. The van der Waals surface area contributed by atoms with Gasteiger partial charge < -0.3 is 0 Å². The maximum Gasteiger partial charge on any atom is 0.0245 e. The van der Waals surface area contributed by atoms with Gasteiger partial charge in [0.15, 0.2) is 0 Å². The molecule has 15 heavy (non-hydrogen) atoms. The van der Waals surface area contributed by atoms with Crippen LogP contribution in [0.5, 0.6) is 0 Å². The van der Waals surface area contributed by atoms with Crippen molar-refractivity contribution in [2.45, 2.75) is 36.5 Å². The highest BCUT2D eigenvalue weighted by Gasteiger charge is 2.16. The first-order valence-electron chi connectivity index (χ1n) is 5.12. The Labute approximate surface area is 109 Å². The van der Waals surface area contributed by atoms with E-state index in [-0.39, 0.29) is 15.7 Å². The molecule has 0 fully saturated rings. The molecule has 0 heterocycles. The fourth-order valence-corrected chi connectivity index (χ4v) is 2.56. The van der Waals surface area contributed by atoms with Crippen molar-refractivity contribution >= 4 is 37.9 Å². The lowest BCUT2D eigenvalue weighted by Gasteiger charge is -2.21. The highest BCUT2D eigenvalue weighted by molar-refractivity contribution is 7.81. The van der Waals surface area contributed by atoms with E-state index >= 15 is 0 Å². The second-order valence-corrected chi connectivity index (χ2v) is 6.20. The Hall–Kier alpha value is 0.270. The average molecular weight is 258 g/mol. The number of hydrogen-bond donors (Lipinski definition) is 3. The van der Waals surface area contributed by atoms with Gasteiger partial charge in [-0.1, -0.05) is 18.2 Å². The molecular weight excluding hydrogens is 240 g/mol. The minimum absolute atomic E-state index is 0.223. The minimum Gasteiger partial charge on any atom is -0.171 e. The average Bonchev–Trinajstić information content (AvgIpc) is 2.16. The fourth-order valence-electron chi connectivity index (χ4n) is 1.81. The van der Waals surface area contributed by atoms with Crippen LogP contribution in [0.3, 0.4) is 0 Å². The van der Waals surface area contributed by atoms with Gasteiger partial charge in [0.1, 0.15) is 0 Å². The Morgan fingerprint density at radius 3 is 1.47 bits per heavy atom. The SMILES string of the molecule is CC(S)c1cccc(C(C)S)c1C(C)S. The van der Waals surface area contributed by atoms with Crippen molar-refractivity contribution in [2.24, 2.45) is 0 Å². The third-order valence-electron chi connectivity index (χ3n) is 2.49. The van der Waals surface area contributed by atoms with Crippen LogP contribution in [-0.4, -0.2) is 0 Å². The van der Waals surface area contributed by atoms with E-state index < -0.39 is 0 Å². The molecule has 0 amide bonds. The fraction of sp³-hybridized carbons (Fsp3) is 0.500. The van der Waals surface area contributed by atoms with Gasteiger partial charge in [-0.15, -0.1) is 0 Å². The highest BCUT2D eigenvalue weighted by atomic mass is 32.1. The maximum absolute atomic E-state index is 4.55. The Balaban J connectivity index is 3.35. The number of hydrogen-bond acceptors (Lipinski definition) is 3. The van der Waals surface area contributed by atoms with Gasteiger partial charge in [-0.05, 0) is 37.5 Å². The van der Waals surface area contributed by atoms with E-state index in [4.69, 9.17) is 0 Å². The first-order valence-corrected chi connectivity index (χ1v) is 6.67. The van der Waals surface area contributed by atoms with Crippen LogP contribution >= 0.6 is 37.9 Å². The molecule has 0 bridgehead atoms. The van der Waals surface area contributed by atoms with E-state index in [1.54, 1.807) is 0 Å². The molecule has 0 nitrogen and oxygen atoms in total. The van der Waals surface area contributed by atoms with E-state index in [2.05, 4.69) is 76.9 Å². The van der Waals surface area contributed by atoms with Crippen molar-refractivity contribution in [3.63, 3.8) is 0 Å². The van der Waals surface area contributed by atoms with Crippen LogP contribution < -0.4 is 0 Å². The lowest BCUT2D eigenvalue weighted by molar-refractivity contribution is 0.956. The van der Waals surface area contributed by atoms with E-state index in [9.17, 15) is 0 Å². The largest absolute Gasteiger partial charge is 0.171 e. The summed E-state index contributed by atoms with van der Waals surface area (Å²) in [7, 11) is 0. The molecule has 0 aliphatic heterocycles. The molecule has 1 aromatic carbocycles. The van der Waals surface area contributed by atoms with Gasteiger partial charge in [-0.3, -0.25) is 0 Å². The van der Waals surface area contributed by atoms with E-state index in [0.717, 1.165) is 0 Å². The molecule has 0 aliphatic carbocycles. The highest BCUT2D eigenvalue weighted by Crippen LogP contribution is 2.36. The molecule has 84 valence electrons. The van der Waals surface area contributed by atoms with Gasteiger partial charge in [0, 0.05) is 15.7 Å². The molecule has 0 spiro atoms. The third-order valence-corrected chi connectivity index (χ3v) is 3.31. The monoisotopic (exact) mass is 258 g/mol. The quantitative estimate of drug-likeness (QED) is 0.645. The summed E-state index contributed by atoms with van der Waals surface area (Å²) >= 11 is 13.6. The zero-order valence-corrected chi connectivity index (χ0v) is 12.0. The van der Waals surface area contributed by atoms with Gasteiger partial charge in [0.05, 0.1) is 0 Å². The Kier molecular flexibility index (Phi) is 4.94. The Morgan fingerprint density at radius 2 is 1.20 bits per heavy atom. The predicted molar refractivity (Wildman–Crippen MR) is 78.6 cm³/mol. The number of rotatable bonds is 3. The normalized spacial score (nSPS) is 17.2. The smallest absolute Gasteiger partial charge is 0.0245 e. The molecule has 0 saturated carbocycles. The lowest BCUT2D eigenvalue weighted by atomic mass is 9.95. The summed E-state index contributed by atoms with van der Waals surface area (Å²) in [6.45, 7) is 6.27. The van der Waals surface area contributed by atoms with Crippen molar-refractivity contribution in [2.75, 3.05) is 0 Å². The summed E-state index contributed by atoms with van der Waals surface area (Å²) in [4.78, 5) is 0. The van der Waals surface area contributed by atoms with Crippen molar-refractivity contribution in [1.82, 2.24) is 0 Å². The Morgan fingerprint density at radius 1 is 0.800 bits per heavy atom. The molecule has 3 heteroatoms. The van der Waals surface area contributed by atoms with Crippen LogP contribution in [0, 0.1) is 0 Å². The first kappa shape index (κ1) is 13.3. The van der Waals surface area contributed by atoms with Gasteiger partial charge >= 0.3 is 0 Å². The predicted octanol–water partition coefficient (Wildman–Crippen LogP) is 4.66. The molecule has 3 atom stereocenters. The van der Waals surface area contributed by atoms with Crippen LogP contribution in [0.15, 0.2) is 18.2 Å². The van der Waals surface area contributed by atoms with Gasteiger partial charge in [0.2, 0.25) is 0 Å². The van der Waals surface area contributed by atoms with E-state index in [0.29, 0.717) is 0 Å². The maximum atomic E-state index is 4.55. The second kappa shape index (κ2) is 5.55. The molecule has 0 aliphatic rings. The molecule has 1 aromatic rings. The van der Waals surface area contributed by atoms with Crippen molar-refractivity contribution in [3.05, 3.63) is 34.9 Å². The van der Waals surface area contributed by atoms with Crippen LogP contribution in [0.1, 0.15) is 53.2 Å². The van der Waals surface area contributed by atoms with Crippen LogP contribution in [0.25, 0.3) is 0 Å². The van der Waals surface area contributed by atoms with E-state index in [1.807, 2.05) is 0 Å². The van der Waals surface area contributed by atoms with Crippen LogP contribution in [-0.2, 0) is 0 Å². The van der Waals surface area contributed by atoms with E-state index in [1.165, 1.54) is 16.7 Å². The van der Waals surface area contributed by atoms with Crippen LogP contribution in [0.2, 0.25) is 0 Å². The van der Waals surface area contributed by atoms with Gasteiger partial charge in [-0.25, -0.2) is 0 Å². The van der Waals surface area contributed by atoms with Crippen LogP contribution in [0.4, 0.5) is 0 Å².